The summed E-state index contributed by atoms with van der Waals surface area (Å²) in [4.78, 5) is 45.4. The second-order valence-electron chi connectivity index (χ2n) is 7.97. The maximum atomic E-state index is 12.9. The van der Waals surface area contributed by atoms with Crippen molar-refractivity contribution in [2.75, 3.05) is 0 Å². The van der Waals surface area contributed by atoms with Crippen molar-refractivity contribution in [3.63, 3.8) is 0 Å². The molecular formula is C23H22N2O9. The minimum atomic E-state index is -0.973. The monoisotopic (exact) mass is 470 g/mol. The number of nitro benzene ring substituents is 2. The number of non-ortho nitro benzene ring substituents is 2. The Hall–Kier alpha value is -4.28. The van der Waals surface area contributed by atoms with Crippen LogP contribution in [0.1, 0.15) is 32.6 Å². The molecule has 0 amide bonds. The van der Waals surface area contributed by atoms with Gasteiger partial charge < -0.3 is 14.2 Å². The minimum Gasteiger partial charge on any atom is -0.426 e. The van der Waals surface area contributed by atoms with Crippen molar-refractivity contribution >= 4 is 23.5 Å². The molecule has 178 valence electrons. The van der Waals surface area contributed by atoms with E-state index in [2.05, 4.69) is 0 Å². The molecule has 0 radical (unpaired) electrons. The molecule has 2 atom stereocenters. The molecule has 0 aromatic heterocycles. The van der Waals surface area contributed by atoms with Gasteiger partial charge in [0.15, 0.2) is 0 Å². The number of esters is 1. The van der Waals surface area contributed by atoms with E-state index in [1.165, 1.54) is 48.5 Å². The van der Waals surface area contributed by atoms with Gasteiger partial charge in [-0.1, -0.05) is 6.08 Å². The van der Waals surface area contributed by atoms with Crippen LogP contribution in [0.15, 0.2) is 60.7 Å². The fourth-order valence-corrected chi connectivity index (χ4v) is 3.38. The van der Waals surface area contributed by atoms with Crippen LogP contribution >= 0.6 is 0 Å². The maximum Gasteiger partial charge on any atom is 0.514 e. The summed E-state index contributed by atoms with van der Waals surface area (Å²) in [6.45, 7) is 1.76. The van der Waals surface area contributed by atoms with Gasteiger partial charge in [-0.05, 0) is 62.9 Å². The van der Waals surface area contributed by atoms with Crippen molar-refractivity contribution in [3.05, 3.63) is 80.9 Å². The summed E-state index contributed by atoms with van der Waals surface area (Å²) in [6.07, 6.45) is 3.66. The Morgan fingerprint density at radius 1 is 0.882 bits per heavy atom. The molecule has 3 rings (SSSR count). The highest BCUT2D eigenvalue weighted by Gasteiger charge is 2.36. The molecule has 2 unspecified atom stereocenters. The Morgan fingerprint density at radius 3 is 1.94 bits per heavy atom. The molecule has 0 saturated carbocycles. The summed E-state index contributed by atoms with van der Waals surface area (Å²) < 4.78 is 15.9. The van der Waals surface area contributed by atoms with Crippen LogP contribution in [0, 0.1) is 25.6 Å². The number of hydrogen-bond acceptors (Lipinski definition) is 9. The lowest BCUT2D eigenvalue weighted by Crippen LogP contribution is -2.34. The Morgan fingerprint density at radius 2 is 1.41 bits per heavy atom. The zero-order valence-electron chi connectivity index (χ0n) is 18.2. The lowest BCUT2D eigenvalue weighted by Gasteiger charge is -2.29. The first kappa shape index (κ1) is 24.4. The zero-order chi connectivity index (χ0) is 24.7. The van der Waals surface area contributed by atoms with Crippen LogP contribution < -0.4 is 9.47 Å². The van der Waals surface area contributed by atoms with Crippen molar-refractivity contribution < 1.29 is 33.6 Å². The number of hydrogen-bond donors (Lipinski definition) is 0. The molecule has 34 heavy (non-hydrogen) atoms. The van der Waals surface area contributed by atoms with Gasteiger partial charge in [-0.25, -0.2) is 4.79 Å². The van der Waals surface area contributed by atoms with E-state index in [9.17, 15) is 29.8 Å². The molecule has 2 aromatic carbocycles. The van der Waals surface area contributed by atoms with Crippen LogP contribution in [0.2, 0.25) is 0 Å². The van der Waals surface area contributed by atoms with Gasteiger partial charge in [0.1, 0.15) is 17.6 Å². The molecule has 0 spiro atoms. The van der Waals surface area contributed by atoms with Crippen LogP contribution in [0.5, 0.6) is 11.5 Å². The number of nitrogens with zero attached hydrogens (tertiary/aromatic N) is 2. The van der Waals surface area contributed by atoms with Gasteiger partial charge in [0.05, 0.1) is 15.3 Å². The Bertz CT molecular complexity index is 1100. The third kappa shape index (κ3) is 6.37. The topological polar surface area (TPSA) is 148 Å². The number of ether oxygens (including phenoxy) is 3. The van der Waals surface area contributed by atoms with Crippen LogP contribution in [0.25, 0.3) is 0 Å². The highest BCUT2D eigenvalue weighted by molar-refractivity contribution is 5.79. The summed E-state index contributed by atoms with van der Waals surface area (Å²) in [5.74, 6) is -0.181. The molecule has 11 heteroatoms. The van der Waals surface area contributed by atoms with Crippen LogP contribution in [0.4, 0.5) is 16.2 Å². The summed E-state index contributed by atoms with van der Waals surface area (Å²) in [7, 11) is 0. The molecule has 1 aliphatic rings. The Kier molecular flexibility index (Phi) is 7.57. The zero-order valence-corrected chi connectivity index (χ0v) is 18.2. The highest BCUT2D eigenvalue weighted by atomic mass is 16.7. The van der Waals surface area contributed by atoms with E-state index in [0.717, 1.165) is 0 Å². The molecule has 0 saturated heterocycles. The Labute approximate surface area is 194 Å². The van der Waals surface area contributed by atoms with E-state index in [1.54, 1.807) is 19.1 Å². The largest absolute Gasteiger partial charge is 0.514 e. The van der Waals surface area contributed by atoms with Crippen LogP contribution in [-0.2, 0) is 9.53 Å². The second kappa shape index (κ2) is 10.6. The maximum absolute atomic E-state index is 12.9. The smallest absolute Gasteiger partial charge is 0.426 e. The standard InChI is InChI=1S/C23H22N2O9/c1-23(21(26)32-19-9-5-16(6-10-19)24(28)29)14-3-2-4-18(13-15-23)33-22(27)34-20-11-7-17(8-12-20)25(30)31/h2,4-12,18H,3,13-15H2,1H3/b4-2+. The fourth-order valence-electron chi connectivity index (χ4n) is 3.38. The van der Waals surface area contributed by atoms with Crippen molar-refractivity contribution in [1.29, 1.82) is 0 Å². The van der Waals surface area contributed by atoms with Gasteiger partial charge in [-0.2, -0.15) is 0 Å². The van der Waals surface area contributed by atoms with Crippen LogP contribution in [-0.4, -0.2) is 28.1 Å². The average Bonchev–Trinajstić information content (AvgIpc) is 2.79. The van der Waals surface area contributed by atoms with Crippen molar-refractivity contribution in [3.8, 4) is 11.5 Å². The SMILES string of the molecule is CC1(C(=O)Oc2ccc([N+](=O)[O-])cc2)CC/C=C/C(OC(=O)Oc2ccc([N+](=O)[O-])cc2)CC1. The van der Waals surface area contributed by atoms with E-state index < -0.39 is 33.5 Å². The molecule has 11 nitrogen and oxygen atoms in total. The van der Waals surface area contributed by atoms with Gasteiger partial charge in [0, 0.05) is 24.3 Å². The van der Waals surface area contributed by atoms with Crippen molar-refractivity contribution in [2.45, 2.75) is 38.7 Å². The third-order valence-electron chi connectivity index (χ3n) is 5.44. The normalized spacial score (nSPS) is 20.8. The summed E-state index contributed by atoms with van der Waals surface area (Å²) in [6, 6.07) is 10.2. The predicted molar refractivity (Wildman–Crippen MR) is 118 cm³/mol. The molecule has 0 N–H and O–H groups in total. The molecular weight excluding hydrogens is 448 g/mol. The first-order valence-corrected chi connectivity index (χ1v) is 10.4. The number of rotatable bonds is 6. The lowest BCUT2D eigenvalue weighted by molar-refractivity contribution is -0.385. The molecule has 0 heterocycles. The molecule has 1 aliphatic carbocycles. The van der Waals surface area contributed by atoms with Gasteiger partial charge >= 0.3 is 12.1 Å². The number of carbonyl (C=O) groups is 2. The van der Waals surface area contributed by atoms with Crippen molar-refractivity contribution in [1.82, 2.24) is 0 Å². The Balaban J connectivity index is 1.57. The van der Waals surface area contributed by atoms with E-state index in [-0.39, 0.29) is 22.9 Å². The van der Waals surface area contributed by atoms with E-state index in [4.69, 9.17) is 14.2 Å². The summed E-state index contributed by atoms with van der Waals surface area (Å²) in [5, 5.41) is 21.5. The van der Waals surface area contributed by atoms with Crippen molar-refractivity contribution in [2.24, 2.45) is 5.41 Å². The minimum absolute atomic E-state index is 0.0990. The number of carbonyl (C=O) groups excluding carboxylic acids is 2. The predicted octanol–water partition coefficient (Wildman–Crippen LogP) is 5.13. The summed E-state index contributed by atoms with van der Waals surface area (Å²) >= 11 is 0. The molecule has 0 aliphatic heterocycles. The molecule has 0 bridgehead atoms. The highest BCUT2D eigenvalue weighted by Crippen LogP contribution is 2.35. The van der Waals surface area contributed by atoms with Gasteiger partial charge in [0.2, 0.25) is 0 Å². The second-order valence-corrected chi connectivity index (χ2v) is 7.97. The molecule has 2 aromatic rings. The van der Waals surface area contributed by atoms with E-state index in [0.29, 0.717) is 25.7 Å². The number of benzene rings is 2. The molecule has 0 fully saturated rings. The number of allylic oxidation sites excluding steroid dienone is 1. The third-order valence-corrected chi connectivity index (χ3v) is 5.44. The first-order valence-electron chi connectivity index (χ1n) is 10.4. The first-order chi connectivity index (χ1) is 16.2. The quantitative estimate of drug-likeness (QED) is 0.140. The fraction of sp³-hybridized carbons (Fsp3) is 0.304. The van der Waals surface area contributed by atoms with Gasteiger partial charge in [-0.3, -0.25) is 25.0 Å². The van der Waals surface area contributed by atoms with E-state index >= 15 is 0 Å². The lowest BCUT2D eigenvalue weighted by atomic mass is 9.79. The van der Waals surface area contributed by atoms with E-state index in [1.807, 2.05) is 0 Å². The average molecular weight is 470 g/mol. The van der Waals surface area contributed by atoms with Gasteiger partial charge in [0.25, 0.3) is 11.4 Å². The van der Waals surface area contributed by atoms with Crippen LogP contribution in [0.3, 0.4) is 0 Å². The van der Waals surface area contributed by atoms with Gasteiger partial charge in [-0.15, -0.1) is 0 Å². The summed E-state index contributed by atoms with van der Waals surface area (Å²) in [5.41, 5.74) is -1.11. The number of nitro groups is 2.